The molecule has 1 unspecified atom stereocenters. The molecule has 0 saturated heterocycles. The summed E-state index contributed by atoms with van der Waals surface area (Å²) in [6, 6.07) is 5.70. The van der Waals surface area contributed by atoms with E-state index in [2.05, 4.69) is 5.32 Å². The highest BCUT2D eigenvalue weighted by Crippen LogP contribution is 2.24. The van der Waals surface area contributed by atoms with Crippen molar-refractivity contribution in [2.45, 2.75) is 32.2 Å². The number of hydrogen-bond donors (Lipinski definition) is 2. The van der Waals surface area contributed by atoms with Gasteiger partial charge in [-0.25, -0.2) is 0 Å². The van der Waals surface area contributed by atoms with E-state index in [4.69, 9.17) is 15.2 Å². The van der Waals surface area contributed by atoms with Crippen LogP contribution in [0.15, 0.2) is 18.2 Å². The van der Waals surface area contributed by atoms with Gasteiger partial charge in [0.2, 0.25) is 5.91 Å². The number of hydrogen-bond acceptors (Lipinski definition) is 4. The van der Waals surface area contributed by atoms with Crippen LogP contribution in [0.25, 0.3) is 0 Å². The molecule has 0 aliphatic rings. The molecule has 1 rings (SSSR count). The van der Waals surface area contributed by atoms with Crippen molar-refractivity contribution in [1.82, 2.24) is 5.32 Å². The van der Waals surface area contributed by atoms with Crippen molar-refractivity contribution in [3.8, 4) is 11.5 Å². The normalized spacial score (nSPS) is 11.2. The number of nitrogens with two attached hydrogens (primary N) is 1. The molecule has 21 heavy (non-hydrogen) atoms. The van der Waals surface area contributed by atoms with Crippen molar-refractivity contribution in [1.29, 1.82) is 0 Å². The third-order valence-electron chi connectivity index (χ3n) is 3.03. The fraction of sp³-hybridized carbons (Fsp3) is 0.533. The first-order valence-corrected chi connectivity index (χ1v) is 6.80. The summed E-state index contributed by atoms with van der Waals surface area (Å²) in [5.74, 6) is 1.61. The number of carbonyl (C=O) groups is 1. The van der Waals surface area contributed by atoms with Gasteiger partial charge in [0, 0.05) is 19.0 Å². The van der Waals surface area contributed by atoms with Crippen molar-refractivity contribution in [3.63, 3.8) is 0 Å². The van der Waals surface area contributed by atoms with Crippen LogP contribution in [0.4, 0.5) is 0 Å². The summed E-state index contributed by atoms with van der Waals surface area (Å²) in [6.07, 6.45) is 1.87. The molecule has 1 amide bonds. The summed E-state index contributed by atoms with van der Waals surface area (Å²) in [4.78, 5) is 11.6. The number of carbonyl (C=O) groups excluding carboxylic acids is 1. The van der Waals surface area contributed by atoms with Crippen molar-refractivity contribution >= 4 is 18.3 Å². The lowest BCUT2D eigenvalue weighted by molar-refractivity contribution is -0.121. The Hall–Kier alpha value is -1.46. The average molecular weight is 317 g/mol. The average Bonchev–Trinajstić information content (AvgIpc) is 2.45. The largest absolute Gasteiger partial charge is 0.497 e. The van der Waals surface area contributed by atoms with E-state index in [1.807, 2.05) is 25.1 Å². The van der Waals surface area contributed by atoms with Crippen LogP contribution >= 0.6 is 12.4 Å². The number of benzene rings is 1. The number of halogens is 1. The Morgan fingerprint density at radius 3 is 2.62 bits per heavy atom. The molecular formula is C15H25ClN2O3. The van der Waals surface area contributed by atoms with Crippen LogP contribution in [-0.4, -0.2) is 32.7 Å². The fourth-order valence-corrected chi connectivity index (χ4v) is 1.86. The quantitative estimate of drug-likeness (QED) is 0.768. The lowest BCUT2D eigenvalue weighted by atomic mass is 10.1. The number of nitrogens with one attached hydrogen (secondary N) is 1. The van der Waals surface area contributed by atoms with E-state index in [1.165, 1.54) is 0 Å². The lowest BCUT2D eigenvalue weighted by Gasteiger charge is -2.11. The van der Waals surface area contributed by atoms with E-state index in [-0.39, 0.29) is 24.4 Å². The molecule has 3 N–H and O–H groups in total. The molecule has 5 nitrogen and oxygen atoms in total. The predicted octanol–water partition coefficient (Wildman–Crippen LogP) is 1.91. The van der Waals surface area contributed by atoms with Gasteiger partial charge in [0.25, 0.3) is 0 Å². The van der Waals surface area contributed by atoms with Gasteiger partial charge in [-0.2, -0.15) is 0 Å². The zero-order valence-corrected chi connectivity index (χ0v) is 13.7. The van der Waals surface area contributed by atoms with E-state index in [9.17, 15) is 4.79 Å². The monoisotopic (exact) mass is 316 g/mol. The van der Waals surface area contributed by atoms with Gasteiger partial charge in [0.05, 0.1) is 14.2 Å². The molecule has 0 fully saturated rings. The van der Waals surface area contributed by atoms with E-state index >= 15 is 0 Å². The molecule has 120 valence electrons. The van der Waals surface area contributed by atoms with Crippen LogP contribution in [0.5, 0.6) is 11.5 Å². The molecular weight excluding hydrogens is 292 g/mol. The van der Waals surface area contributed by atoms with Crippen LogP contribution in [0.3, 0.4) is 0 Å². The van der Waals surface area contributed by atoms with E-state index in [0.717, 1.165) is 17.1 Å². The summed E-state index contributed by atoms with van der Waals surface area (Å²) in [6.45, 7) is 2.47. The fourth-order valence-electron chi connectivity index (χ4n) is 1.86. The molecule has 0 aliphatic heterocycles. The minimum Gasteiger partial charge on any atom is -0.497 e. The van der Waals surface area contributed by atoms with Crippen molar-refractivity contribution in [3.05, 3.63) is 23.8 Å². The van der Waals surface area contributed by atoms with Gasteiger partial charge in [-0.3, -0.25) is 4.79 Å². The smallest absolute Gasteiger partial charge is 0.220 e. The first-order chi connectivity index (χ1) is 9.56. The van der Waals surface area contributed by atoms with Crippen LogP contribution < -0.4 is 20.5 Å². The SMILES string of the molecule is COc1ccc(OC)c(CCNC(=O)CCC(C)N)c1.Cl. The van der Waals surface area contributed by atoms with E-state index in [0.29, 0.717) is 25.8 Å². The molecule has 0 radical (unpaired) electrons. The van der Waals surface area contributed by atoms with E-state index in [1.54, 1.807) is 14.2 Å². The first kappa shape index (κ1) is 19.5. The Morgan fingerprint density at radius 1 is 1.33 bits per heavy atom. The first-order valence-electron chi connectivity index (χ1n) is 6.80. The molecule has 1 aromatic rings. The zero-order chi connectivity index (χ0) is 15.0. The van der Waals surface area contributed by atoms with Gasteiger partial charge in [-0.1, -0.05) is 0 Å². The lowest BCUT2D eigenvalue weighted by Crippen LogP contribution is -2.27. The summed E-state index contributed by atoms with van der Waals surface area (Å²) >= 11 is 0. The minimum absolute atomic E-state index is 0. The zero-order valence-electron chi connectivity index (χ0n) is 12.8. The van der Waals surface area contributed by atoms with Crippen LogP contribution in [0.2, 0.25) is 0 Å². The highest BCUT2D eigenvalue weighted by Gasteiger charge is 2.07. The number of rotatable bonds is 8. The van der Waals surface area contributed by atoms with Crippen LogP contribution in [0.1, 0.15) is 25.3 Å². The number of amides is 1. The number of methoxy groups -OCH3 is 2. The highest BCUT2D eigenvalue weighted by molar-refractivity contribution is 5.85. The van der Waals surface area contributed by atoms with Crippen LogP contribution in [0, 0.1) is 0 Å². The Bertz CT molecular complexity index is 439. The Labute approximate surface area is 132 Å². The maximum atomic E-state index is 11.6. The summed E-state index contributed by atoms with van der Waals surface area (Å²) < 4.78 is 10.5. The Kier molecular flexibility index (Phi) is 9.58. The van der Waals surface area contributed by atoms with E-state index < -0.39 is 0 Å². The second kappa shape index (κ2) is 10.3. The minimum atomic E-state index is 0. The van der Waals surface area contributed by atoms with Gasteiger partial charge >= 0.3 is 0 Å². The highest BCUT2D eigenvalue weighted by atomic mass is 35.5. The predicted molar refractivity (Wildman–Crippen MR) is 86.4 cm³/mol. The summed E-state index contributed by atoms with van der Waals surface area (Å²) in [5, 5.41) is 2.88. The van der Waals surface area contributed by atoms with Crippen molar-refractivity contribution in [2.75, 3.05) is 20.8 Å². The molecule has 0 bridgehead atoms. The maximum absolute atomic E-state index is 11.6. The van der Waals surface area contributed by atoms with Gasteiger partial charge in [0.15, 0.2) is 0 Å². The Morgan fingerprint density at radius 2 is 2.05 bits per heavy atom. The van der Waals surface area contributed by atoms with Gasteiger partial charge < -0.3 is 20.5 Å². The maximum Gasteiger partial charge on any atom is 0.220 e. The topological polar surface area (TPSA) is 73.6 Å². The third kappa shape index (κ3) is 7.20. The van der Waals surface area contributed by atoms with Gasteiger partial charge in [-0.05, 0) is 43.5 Å². The second-order valence-electron chi connectivity index (χ2n) is 4.79. The van der Waals surface area contributed by atoms with Crippen molar-refractivity contribution in [2.24, 2.45) is 5.73 Å². The third-order valence-corrected chi connectivity index (χ3v) is 3.03. The molecule has 6 heteroatoms. The Balaban J connectivity index is 0.00000400. The molecule has 0 spiro atoms. The number of ether oxygens (including phenoxy) is 2. The standard InChI is InChI=1S/C15H24N2O3.ClH/c1-11(16)4-7-15(18)17-9-8-12-10-13(19-2)5-6-14(12)20-3;/h5-6,10-11H,4,7-9,16H2,1-3H3,(H,17,18);1H. The molecule has 0 heterocycles. The van der Waals surface area contributed by atoms with Crippen molar-refractivity contribution < 1.29 is 14.3 Å². The van der Waals surface area contributed by atoms with Gasteiger partial charge in [-0.15, -0.1) is 12.4 Å². The molecule has 1 aromatic carbocycles. The molecule has 0 saturated carbocycles. The molecule has 0 aliphatic carbocycles. The molecule has 1 atom stereocenters. The summed E-state index contributed by atoms with van der Waals surface area (Å²) in [5.41, 5.74) is 6.63. The second-order valence-corrected chi connectivity index (χ2v) is 4.79. The van der Waals surface area contributed by atoms with Gasteiger partial charge in [0.1, 0.15) is 11.5 Å². The summed E-state index contributed by atoms with van der Waals surface area (Å²) in [7, 11) is 3.26. The molecule has 0 aromatic heterocycles. The van der Waals surface area contributed by atoms with Crippen LogP contribution in [-0.2, 0) is 11.2 Å².